The van der Waals surface area contributed by atoms with E-state index in [1.165, 1.54) is 4.57 Å². The van der Waals surface area contributed by atoms with Crippen LogP contribution in [0.15, 0.2) is 51.7 Å². The van der Waals surface area contributed by atoms with Crippen molar-refractivity contribution in [2.24, 2.45) is 7.05 Å². The first-order valence-corrected chi connectivity index (χ1v) is 8.55. The molecule has 1 fully saturated rings. The minimum absolute atomic E-state index is 0.123. The predicted octanol–water partition coefficient (Wildman–Crippen LogP) is 3.05. The van der Waals surface area contributed by atoms with Crippen molar-refractivity contribution < 1.29 is 4.79 Å². The van der Waals surface area contributed by atoms with Gasteiger partial charge in [-0.25, -0.2) is 4.79 Å². The van der Waals surface area contributed by atoms with E-state index in [2.05, 4.69) is 26.2 Å². The zero-order valence-electron chi connectivity index (χ0n) is 13.1. The predicted molar refractivity (Wildman–Crippen MR) is 96.1 cm³/mol. The normalized spacial score (nSPS) is 15.4. The lowest BCUT2D eigenvalue weighted by atomic mass is 10.0. The number of amides is 1. The molecule has 0 spiro atoms. The molecule has 0 bridgehead atoms. The Labute approximate surface area is 146 Å². The molecule has 0 saturated heterocycles. The molecule has 1 amide bonds. The summed E-state index contributed by atoms with van der Waals surface area (Å²) in [6.45, 7) is 0. The lowest BCUT2D eigenvalue weighted by Gasteiger charge is -2.18. The number of imidazole rings is 1. The van der Waals surface area contributed by atoms with E-state index < -0.39 is 0 Å². The Hall–Kier alpha value is -2.34. The van der Waals surface area contributed by atoms with Crippen LogP contribution >= 0.6 is 15.9 Å². The topological polar surface area (TPSA) is 66.9 Å². The summed E-state index contributed by atoms with van der Waals surface area (Å²) in [6.07, 6.45) is 1.87. The van der Waals surface area contributed by atoms with Gasteiger partial charge in [-0.15, -0.1) is 0 Å². The maximum atomic E-state index is 12.7. The number of aromatic nitrogens is 2. The van der Waals surface area contributed by atoms with Crippen molar-refractivity contribution in [3.8, 4) is 0 Å². The van der Waals surface area contributed by atoms with E-state index in [1.54, 1.807) is 25.2 Å². The van der Waals surface area contributed by atoms with Crippen molar-refractivity contribution in [1.29, 1.82) is 0 Å². The van der Waals surface area contributed by atoms with Gasteiger partial charge < -0.3 is 10.3 Å². The molecule has 1 aliphatic rings. The third-order valence-corrected chi connectivity index (χ3v) is 5.19. The molecular weight excluding hydrogens is 370 g/mol. The van der Waals surface area contributed by atoms with Crippen molar-refractivity contribution in [3.05, 3.63) is 68.5 Å². The van der Waals surface area contributed by atoms with Crippen LogP contribution in [0.4, 0.5) is 0 Å². The minimum Gasteiger partial charge on any atom is -0.343 e. The number of aromatic amines is 1. The van der Waals surface area contributed by atoms with E-state index in [4.69, 9.17) is 0 Å². The van der Waals surface area contributed by atoms with Crippen LogP contribution in [0.5, 0.6) is 0 Å². The summed E-state index contributed by atoms with van der Waals surface area (Å²) in [5.41, 5.74) is 2.67. The molecule has 24 heavy (non-hydrogen) atoms. The second-order valence-corrected chi connectivity index (χ2v) is 7.18. The minimum atomic E-state index is -0.267. The largest absolute Gasteiger partial charge is 0.343 e. The van der Waals surface area contributed by atoms with Gasteiger partial charge in [-0.05, 0) is 48.7 Å². The number of hydrogen-bond acceptors (Lipinski definition) is 2. The number of fused-ring (bicyclic) bond motifs is 1. The van der Waals surface area contributed by atoms with Crippen LogP contribution in [0.25, 0.3) is 11.0 Å². The molecule has 2 N–H and O–H groups in total. The fourth-order valence-electron chi connectivity index (χ4n) is 3.05. The van der Waals surface area contributed by atoms with Crippen molar-refractivity contribution in [3.63, 3.8) is 0 Å². The Balaban J connectivity index is 1.62. The van der Waals surface area contributed by atoms with E-state index in [0.29, 0.717) is 11.1 Å². The third-order valence-electron chi connectivity index (χ3n) is 4.67. The molecule has 3 aromatic rings. The molecule has 5 nitrogen and oxygen atoms in total. The summed E-state index contributed by atoms with van der Waals surface area (Å²) >= 11 is 3.43. The van der Waals surface area contributed by atoms with Gasteiger partial charge in [0.05, 0.1) is 16.6 Å². The van der Waals surface area contributed by atoms with Crippen LogP contribution in [0.1, 0.15) is 28.8 Å². The molecular formula is C18H16BrN3O2. The van der Waals surface area contributed by atoms with Gasteiger partial charge in [-0.2, -0.15) is 0 Å². The number of rotatable bonds is 3. The second kappa shape index (κ2) is 5.34. The number of nitrogens with one attached hydrogen (secondary N) is 2. The number of carbonyl (C=O) groups is 1. The molecule has 0 unspecified atom stereocenters. The van der Waals surface area contributed by atoms with Crippen molar-refractivity contribution in [1.82, 2.24) is 14.9 Å². The van der Waals surface area contributed by atoms with Crippen LogP contribution < -0.4 is 11.0 Å². The van der Waals surface area contributed by atoms with E-state index >= 15 is 0 Å². The smallest absolute Gasteiger partial charge is 0.326 e. The highest BCUT2D eigenvalue weighted by Gasteiger charge is 2.45. The summed E-state index contributed by atoms with van der Waals surface area (Å²) < 4.78 is 2.55. The van der Waals surface area contributed by atoms with Gasteiger partial charge in [0.1, 0.15) is 0 Å². The first kappa shape index (κ1) is 15.2. The van der Waals surface area contributed by atoms with E-state index in [1.807, 2.05) is 24.3 Å². The highest BCUT2D eigenvalue weighted by atomic mass is 79.9. The first-order chi connectivity index (χ1) is 11.5. The fourth-order valence-corrected chi connectivity index (χ4v) is 3.31. The Morgan fingerprint density at radius 2 is 1.92 bits per heavy atom. The van der Waals surface area contributed by atoms with Crippen LogP contribution in [0, 0.1) is 0 Å². The quantitative estimate of drug-likeness (QED) is 0.727. The zero-order valence-corrected chi connectivity index (χ0v) is 14.7. The number of halogens is 1. The van der Waals surface area contributed by atoms with E-state index in [9.17, 15) is 9.59 Å². The molecule has 2 aromatic carbocycles. The molecule has 0 atom stereocenters. The number of carbonyl (C=O) groups excluding carboxylic acids is 1. The maximum Gasteiger partial charge on any atom is 0.326 e. The van der Waals surface area contributed by atoms with Gasteiger partial charge in [-0.1, -0.05) is 28.1 Å². The molecule has 1 aliphatic carbocycles. The first-order valence-electron chi connectivity index (χ1n) is 7.76. The van der Waals surface area contributed by atoms with Gasteiger partial charge in [0, 0.05) is 17.1 Å². The molecule has 4 rings (SSSR count). The summed E-state index contributed by atoms with van der Waals surface area (Å²) in [4.78, 5) is 27.1. The lowest BCUT2D eigenvalue weighted by molar-refractivity contribution is 0.0931. The van der Waals surface area contributed by atoms with Gasteiger partial charge >= 0.3 is 5.69 Å². The maximum absolute atomic E-state index is 12.7. The van der Waals surface area contributed by atoms with Gasteiger partial charge in [0.25, 0.3) is 5.91 Å². The van der Waals surface area contributed by atoms with Crippen LogP contribution in [0.2, 0.25) is 0 Å². The molecule has 0 aliphatic heterocycles. The fraction of sp³-hybridized carbons (Fsp3) is 0.222. The summed E-state index contributed by atoms with van der Waals surface area (Å²) in [6, 6.07) is 13.3. The number of nitrogens with zero attached hydrogens (tertiary/aromatic N) is 1. The summed E-state index contributed by atoms with van der Waals surface area (Å²) in [7, 11) is 1.70. The number of benzene rings is 2. The Morgan fingerprint density at radius 3 is 2.58 bits per heavy atom. The average molecular weight is 386 g/mol. The molecule has 1 aromatic heterocycles. The van der Waals surface area contributed by atoms with Crippen molar-refractivity contribution >= 4 is 32.9 Å². The highest BCUT2D eigenvalue weighted by molar-refractivity contribution is 9.10. The molecule has 0 radical (unpaired) electrons. The summed E-state index contributed by atoms with van der Waals surface area (Å²) in [5, 5.41) is 3.15. The van der Waals surface area contributed by atoms with Crippen molar-refractivity contribution in [2.45, 2.75) is 18.4 Å². The molecule has 122 valence electrons. The van der Waals surface area contributed by atoms with Crippen molar-refractivity contribution in [2.75, 3.05) is 0 Å². The number of H-pyrrole nitrogens is 1. The van der Waals surface area contributed by atoms with Crippen LogP contribution in [-0.4, -0.2) is 15.5 Å². The third kappa shape index (κ3) is 2.47. The van der Waals surface area contributed by atoms with Crippen LogP contribution in [-0.2, 0) is 12.6 Å². The monoisotopic (exact) mass is 385 g/mol. The molecule has 1 heterocycles. The number of aryl methyl sites for hydroxylation is 1. The standard InChI is InChI=1S/C18H16BrN3O2/c1-22-15-7-2-11(10-14(15)20-17(22)24)16(23)21-18(8-9-18)12-3-5-13(19)6-4-12/h2-7,10H,8-9H2,1H3,(H,20,24)(H,21,23). The zero-order chi connectivity index (χ0) is 16.9. The Kier molecular flexibility index (Phi) is 3.38. The van der Waals surface area contributed by atoms with Gasteiger partial charge in [0.2, 0.25) is 0 Å². The SMILES string of the molecule is Cn1c(=O)[nH]c2cc(C(=O)NC3(c4ccc(Br)cc4)CC3)ccc21. The second-order valence-electron chi connectivity index (χ2n) is 6.26. The Morgan fingerprint density at radius 1 is 1.21 bits per heavy atom. The Bertz CT molecular complexity index is 997. The van der Waals surface area contributed by atoms with Gasteiger partial charge in [0.15, 0.2) is 0 Å². The van der Waals surface area contributed by atoms with Gasteiger partial charge in [-0.3, -0.25) is 9.36 Å². The number of hydrogen-bond donors (Lipinski definition) is 2. The molecule has 6 heteroatoms. The lowest BCUT2D eigenvalue weighted by Crippen LogP contribution is -2.34. The summed E-state index contributed by atoms with van der Waals surface area (Å²) in [5.74, 6) is -0.123. The molecule has 1 saturated carbocycles. The van der Waals surface area contributed by atoms with E-state index in [-0.39, 0.29) is 17.1 Å². The van der Waals surface area contributed by atoms with E-state index in [0.717, 1.165) is 28.4 Å². The van der Waals surface area contributed by atoms with Crippen LogP contribution in [0.3, 0.4) is 0 Å². The average Bonchev–Trinajstić information content (AvgIpc) is 3.29. The highest BCUT2D eigenvalue weighted by Crippen LogP contribution is 2.45.